The van der Waals surface area contributed by atoms with Crippen LogP contribution in [-0.2, 0) is 0 Å². The minimum Gasteiger partial charge on any atom is -0.488 e. The van der Waals surface area contributed by atoms with Crippen LogP contribution in [0.25, 0.3) is 0 Å². The molecule has 0 saturated carbocycles. The van der Waals surface area contributed by atoms with Gasteiger partial charge in [0.2, 0.25) is 0 Å². The first-order valence-electron chi connectivity index (χ1n) is 4.04. The molecule has 3 nitrogen and oxygen atoms in total. The third-order valence-electron chi connectivity index (χ3n) is 1.54. The number of nitrogens with two attached hydrogens (primary N) is 1. The first-order chi connectivity index (χ1) is 6.77. The molecule has 1 aromatic rings. The molecule has 0 fully saturated rings. The van der Waals surface area contributed by atoms with Crippen LogP contribution in [0.4, 0.5) is 0 Å². The summed E-state index contributed by atoms with van der Waals surface area (Å²) < 4.78 is 5.29. The smallest absolute Gasteiger partial charge is 0.138 e. The van der Waals surface area contributed by atoms with Gasteiger partial charge in [-0.2, -0.15) is 5.10 Å². The SMILES string of the molecule is C=CCOc1ccc(C=NN)cc1Cl. The Morgan fingerprint density at radius 2 is 2.36 bits per heavy atom. The number of hydrazone groups is 1. The monoisotopic (exact) mass is 210 g/mol. The largest absolute Gasteiger partial charge is 0.488 e. The average Bonchev–Trinajstić information content (AvgIpc) is 2.17. The molecule has 0 radical (unpaired) electrons. The predicted octanol–water partition coefficient (Wildman–Crippen LogP) is 2.20. The number of hydrogen-bond donors (Lipinski definition) is 1. The van der Waals surface area contributed by atoms with Gasteiger partial charge in [0, 0.05) is 0 Å². The second-order valence-corrected chi connectivity index (χ2v) is 2.97. The standard InChI is InChI=1S/C10H11ClN2O/c1-2-5-14-10-4-3-8(7-13-12)6-9(10)11/h2-4,6-7H,1,5,12H2. The number of ether oxygens (including phenoxy) is 1. The molecular formula is C10H11ClN2O. The van der Waals surface area contributed by atoms with Crippen molar-refractivity contribution in [2.75, 3.05) is 6.61 Å². The van der Waals surface area contributed by atoms with E-state index in [9.17, 15) is 0 Å². The van der Waals surface area contributed by atoms with E-state index >= 15 is 0 Å². The number of nitrogens with zero attached hydrogens (tertiary/aromatic N) is 1. The number of benzene rings is 1. The maximum Gasteiger partial charge on any atom is 0.138 e. The highest BCUT2D eigenvalue weighted by Crippen LogP contribution is 2.24. The highest BCUT2D eigenvalue weighted by Gasteiger charge is 2.00. The summed E-state index contributed by atoms with van der Waals surface area (Å²) in [7, 11) is 0. The number of hydrogen-bond acceptors (Lipinski definition) is 3. The summed E-state index contributed by atoms with van der Waals surface area (Å²) in [5.74, 6) is 5.64. The van der Waals surface area contributed by atoms with Crippen LogP contribution in [0.15, 0.2) is 36.0 Å². The quantitative estimate of drug-likeness (QED) is 0.359. The van der Waals surface area contributed by atoms with E-state index in [4.69, 9.17) is 22.2 Å². The maximum absolute atomic E-state index is 5.94. The zero-order valence-electron chi connectivity index (χ0n) is 7.61. The van der Waals surface area contributed by atoms with Gasteiger partial charge in [0.1, 0.15) is 12.4 Å². The molecule has 0 aliphatic heterocycles. The van der Waals surface area contributed by atoms with Crippen molar-refractivity contribution in [1.82, 2.24) is 0 Å². The van der Waals surface area contributed by atoms with E-state index in [1.54, 1.807) is 18.2 Å². The fourth-order valence-corrected chi connectivity index (χ4v) is 1.19. The van der Waals surface area contributed by atoms with E-state index in [0.29, 0.717) is 17.4 Å². The van der Waals surface area contributed by atoms with Crippen molar-refractivity contribution in [2.24, 2.45) is 10.9 Å². The van der Waals surface area contributed by atoms with Crippen LogP contribution in [0.2, 0.25) is 5.02 Å². The summed E-state index contributed by atoms with van der Waals surface area (Å²) in [6.07, 6.45) is 3.18. The lowest BCUT2D eigenvalue weighted by atomic mass is 10.2. The summed E-state index contributed by atoms with van der Waals surface area (Å²) in [4.78, 5) is 0. The summed E-state index contributed by atoms with van der Waals surface area (Å²) >= 11 is 5.94. The van der Waals surface area contributed by atoms with E-state index in [-0.39, 0.29) is 0 Å². The van der Waals surface area contributed by atoms with Gasteiger partial charge in [0.05, 0.1) is 11.2 Å². The topological polar surface area (TPSA) is 47.6 Å². The molecule has 0 aliphatic carbocycles. The second kappa shape index (κ2) is 5.29. The first-order valence-corrected chi connectivity index (χ1v) is 4.42. The summed E-state index contributed by atoms with van der Waals surface area (Å²) in [5, 5.41) is 3.93. The lowest BCUT2D eigenvalue weighted by Crippen LogP contribution is -1.94. The highest BCUT2D eigenvalue weighted by atomic mass is 35.5. The van der Waals surface area contributed by atoms with Gasteiger partial charge in [-0.05, 0) is 23.8 Å². The minimum absolute atomic E-state index is 0.435. The fraction of sp³-hybridized carbons (Fsp3) is 0.100. The van der Waals surface area contributed by atoms with Crippen molar-refractivity contribution >= 4 is 17.8 Å². The van der Waals surface area contributed by atoms with Crippen LogP contribution in [0.3, 0.4) is 0 Å². The Morgan fingerprint density at radius 3 is 2.93 bits per heavy atom. The van der Waals surface area contributed by atoms with Crippen LogP contribution >= 0.6 is 11.6 Å². The van der Waals surface area contributed by atoms with Crippen molar-refractivity contribution < 1.29 is 4.74 Å². The molecule has 0 atom stereocenters. The van der Waals surface area contributed by atoms with E-state index in [0.717, 1.165) is 5.56 Å². The first kappa shape index (κ1) is 10.6. The van der Waals surface area contributed by atoms with Crippen LogP contribution in [-0.4, -0.2) is 12.8 Å². The molecule has 0 heterocycles. The zero-order valence-corrected chi connectivity index (χ0v) is 8.37. The van der Waals surface area contributed by atoms with Gasteiger partial charge < -0.3 is 10.6 Å². The molecule has 4 heteroatoms. The zero-order chi connectivity index (χ0) is 10.4. The van der Waals surface area contributed by atoms with Gasteiger partial charge in [-0.1, -0.05) is 24.3 Å². The molecule has 14 heavy (non-hydrogen) atoms. The molecule has 1 rings (SSSR count). The molecule has 0 bridgehead atoms. The van der Waals surface area contributed by atoms with Crippen molar-refractivity contribution in [3.05, 3.63) is 41.4 Å². The van der Waals surface area contributed by atoms with Crippen molar-refractivity contribution in [2.45, 2.75) is 0 Å². The molecule has 1 aromatic carbocycles. The molecule has 0 saturated heterocycles. The Bertz CT molecular complexity index is 350. The Labute approximate surface area is 87.8 Å². The Balaban J connectivity index is 2.83. The van der Waals surface area contributed by atoms with E-state index in [1.165, 1.54) is 6.21 Å². The van der Waals surface area contributed by atoms with Gasteiger partial charge in [-0.25, -0.2) is 0 Å². The minimum atomic E-state index is 0.435. The van der Waals surface area contributed by atoms with Crippen LogP contribution < -0.4 is 10.6 Å². The Kier molecular flexibility index (Phi) is 4.01. The van der Waals surface area contributed by atoms with Crippen molar-refractivity contribution in [3.63, 3.8) is 0 Å². The lowest BCUT2D eigenvalue weighted by molar-refractivity contribution is 0.363. The molecular weight excluding hydrogens is 200 g/mol. The van der Waals surface area contributed by atoms with E-state index in [2.05, 4.69) is 11.7 Å². The molecule has 2 N–H and O–H groups in total. The maximum atomic E-state index is 5.94. The third-order valence-corrected chi connectivity index (χ3v) is 1.83. The third kappa shape index (κ3) is 2.78. The molecule has 0 aliphatic rings. The lowest BCUT2D eigenvalue weighted by Gasteiger charge is -2.05. The summed E-state index contributed by atoms with van der Waals surface area (Å²) in [5.41, 5.74) is 0.837. The number of rotatable bonds is 4. The molecule has 0 spiro atoms. The van der Waals surface area contributed by atoms with Crippen LogP contribution in [0, 0.1) is 0 Å². The van der Waals surface area contributed by atoms with Crippen LogP contribution in [0.1, 0.15) is 5.56 Å². The van der Waals surface area contributed by atoms with Gasteiger partial charge in [-0.15, -0.1) is 0 Å². The summed E-state index contributed by atoms with van der Waals surface area (Å²) in [6.45, 7) is 3.98. The normalized spacial score (nSPS) is 10.4. The summed E-state index contributed by atoms with van der Waals surface area (Å²) in [6, 6.07) is 5.32. The highest BCUT2D eigenvalue weighted by molar-refractivity contribution is 6.32. The molecule has 0 aromatic heterocycles. The second-order valence-electron chi connectivity index (χ2n) is 2.57. The van der Waals surface area contributed by atoms with Crippen molar-refractivity contribution in [1.29, 1.82) is 0 Å². The van der Waals surface area contributed by atoms with Gasteiger partial charge >= 0.3 is 0 Å². The fourth-order valence-electron chi connectivity index (χ4n) is 0.949. The predicted molar refractivity (Wildman–Crippen MR) is 58.9 cm³/mol. The molecule has 0 unspecified atom stereocenters. The van der Waals surface area contributed by atoms with Gasteiger partial charge in [0.15, 0.2) is 0 Å². The van der Waals surface area contributed by atoms with Crippen LogP contribution in [0.5, 0.6) is 5.75 Å². The number of halogens is 1. The van der Waals surface area contributed by atoms with Crippen molar-refractivity contribution in [3.8, 4) is 5.75 Å². The Hall–Kier alpha value is -1.48. The van der Waals surface area contributed by atoms with E-state index < -0.39 is 0 Å². The molecule has 74 valence electrons. The van der Waals surface area contributed by atoms with Gasteiger partial charge in [0.25, 0.3) is 0 Å². The molecule has 0 amide bonds. The Morgan fingerprint density at radius 1 is 1.57 bits per heavy atom. The van der Waals surface area contributed by atoms with Gasteiger partial charge in [-0.3, -0.25) is 0 Å². The van der Waals surface area contributed by atoms with E-state index in [1.807, 2.05) is 6.07 Å². The average molecular weight is 211 g/mol.